The van der Waals surface area contributed by atoms with Crippen molar-refractivity contribution in [2.24, 2.45) is 0 Å². The highest BCUT2D eigenvalue weighted by atomic mass is 79.9. The maximum Gasteiger partial charge on any atom is 0.133 e. The number of hydrogen-bond donors (Lipinski definition) is 1. The van der Waals surface area contributed by atoms with Crippen LogP contribution in [0.3, 0.4) is 0 Å². The predicted molar refractivity (Wildman–Crippen MR) is 80.6 cm³/mol. The standard InChI is InChI=1S/C16H17BrO2/c1-2-3-12-4-7-15(8-5-12)19-16-9-6-14(17)10-13(16)11-18/h4-10,18H,2-3,11H2,1H3. The molecule has 1 N–H and O–H groups in total. The SMILES string of the molecule is CCCc1ccc(Oc2ccc(Br)cc2CO)cc1. The van der Waals surface area contributed by atoms with Gasteiger partial charge in [-0.05, 0) is 42.3 Å². The molecular formula is C16H17BrO2. The second kappa shape index (κ2) is 6.73. The first-order valence-electron chi connectivity index (χ1n) is 6.39. The Morgan fingerprint density at radius 3 is 2.47 bits per heavy atom. The number of aliphatic hydroxyl groups excluding tert-OH is 1. The van der Waals surface area contributed by atoms with E-state index in [1.54, 1.807) is 0 Å². The summed E-state index contributed by atoms with van der Waals surface area (Å²) >= 11 is 3.38. The van der Waals surface area contributed by atoms with Gasteiger partial charge in [0.15, 0.2) is 0 Å². The summed E-state index contributed by atoms with van der Waals surface area (Å²) in [6.07, 6.45) is 2.22. The highest BCUT2D eigenvalue weighted by molar-refractivity contribution is 9.10. The van der Waals surface area contributed by atoms with Crippen molar-refractivity contribution in [3.05, 3.63) is 58.1 Å². The summed E-state index contributed by atoms with van der Waals surface area (Å²) in [6.45, 7) is 2.13. The zero-order valence-electron chi connectivity index (χ0n) is 10.9. The van der Waals surface area contributed by atoms with Crippen LogP contribution in [0.1, 0.15) is 24.5 Å². The number of ether oxygens (including phenoxy) is 1. The highest BCUT2D eigenvalue weighted by Crippen LogP contribution is 2.28. The largest absolute Gasteiger partial charge is 0.457 e. The van der Waals surface area contributed by atoms with Crippen LogP contribution in [0.2, 0.25) is 0 Å². The van der Waals surface area contributed by atoms with Crippen molar-refractivity contribution in [1.82, 2.24) is 0 Å². The molecule has 0 spiro atoms. The third-order valence-electron chi connectivity index (χ3n) is 2.88. The third-order valence-corrected chi connectivity index (χ3v) is 3.38. The molecule has 0 aliphatic rings. The maximum absolute atomic E-state index is 9.33. The molecule has 19 heavy (non-hydrogen) atoms. The molecule has 0 atom stereocenters. The minimum atomic E-state index is -0.0390. The number of benzene rings is 2. The van der Waals surface area contributed by atoms with E-state index in [0.717, 1.165) is 28.6 Å². The average molecular weight is 321 g/mol. The van der Waals surface area contributed by atoms with Crippen LogP contribution in [0.4, 0.5) is 0 Å². The first kappa shape index (κ1) is 14.1. The van der Waals surface area contributed by atoms with Crippen molar-refractivity contribution in [2.45, 2.75) is 26.4 Å². The fourth-order valence-electron chi connectivity index (χ4n) is 1.91. The molecule has 0 saturated carbocycles. The molecule has 0 aliphatic heterocycles. The number of aryl methyl sites for hydroxylation is 1. The van der Waals surface area contributed by atoms with E-state index in [9.17, 15) is 5.11 Å². The van der Waals surface area contributed by atoms with Gasteiger partial charge in [-0.25, -0.2) is 0 Å². The lowest BCUT2D eigenvalue weighted by Crippen LogP contribution is -1.92. The topological polar surface area (TPSA) is 29.5 Å². The van der Waals surface area contributed by atoms with Crippen LogP contribution in [0, 0.1) is 0 Å². The van der Waals surface area contributed by atoms with Gasteiger partial charge in [-0.15, -0.1) is 0 Å². The molecule has 0 amide bonds. The van der Waals surface area contributed by atoms with Crippen molar-refractivity contribution >= 4 is 15.9 Å². The molecular weight excluding hydrogens is 304 g/mol. The van der Waals surface area contributed by atoms with Gasteiger partial charge in [-0.2, -0.15) is 0 Å². The van der Waals surface area contributed by atoms with E-state index >= 15 is 0 Å². The molecule has 3 heteroatoms. The number of rotatable bonds is 5. The number of halogens is 1. The lowest BCUT2D eigenvalue weighted by atomic mass is 10.1. The summed E-state index contributed by atoms with van der Waals surface area (Å²) in [7, 11) is 0. The van der Waals surface area contributed by atoms with Crippen LogP contribution in [0.5, 0.6) is 11.5 Å². The van der Waals surface area contributed by atoms with Gasteiger partial charge < -0.3 is 9.84 Å². The van der Waals surface area contributed by atoms with Gasteiger partial charge in [-0.1, -0.05) is 41.4 Å². The normalized spacial score (nSPS) is 10.5. The summed E-state index contributed by atoms with van der Waals surface area (Å²) in [5.41, 5.74) is 2.08. The Bertz CT molecular complexity index is 535. The van der Waals surface area contributed by atoms with Crippen LogP contribution in [0.15, 0.2) is 46.9 Å². The Morgan fingerprint density at radius 1 is 1.11 bits per heavy atom. The first-order chi connectivity index (χ1) is 9.22. The Kier molecular flexibility index (Phi) is 5.00. The summed E-state index contributed by atoms with van der Waals surface area (Å²) in [4.78, 5) is 0. The van der Waals surface area contributed by atoms with Crippen molar-refractivity contribution in [3.8, 4) is 11.5 Å². The summed E-state index contributed by atoms with van der Waals surface area (Å²) in [6, 6.07) is 13.7. The van der Waals surface area contributed by atoms with Gasteiger partial charge >= 0.3 is 0 Å². The maximum atomic E-state index is 9.33. The Morgan fingerprint density at radius 2 is 1.84 bits per heavy atom. The quantitative estimate of drug-likeness (QED) is 0.866. The fourth-order valence-corrected chi connectivity index (χ4v) is 2.32. The van der Waals surface area contributed by atoms with Crippen molar-refractivity contribution in [2.75, 3.05) is 0 Å². The number of aliphatic hydroxyl groups is 1. The number of hydrogen-bond acceptors (Lipinski definition) is 2. The summed E-state index contributed by atoms with van der Waals surface area (Å²) in [5.74, 6) is 1.48. The minimum absolute atomic E-state index is 0.0390. The second-order valence-electron chi connectivity index (χ2n) is 4.41. The highest BCUT2D eigenvalue weighted by Gasteiger charge is 2.05. The summed E-state index contributed by atoms with van der Waals surface area (Å²) in [5, 5.41) is 9.33. The van der Waals surface area contributed by atoms with Gasteiger partial charge in [0.05, 0.1) is 6.61 Å². The molecule has 0 radical (unpaired) electrons. The molecule has 0 heterocycles. The Labute approximate surface area is 122 Å². The van der Waals surface area contributed by atoms with Gasteiger partial charge in [0.2, 0.25) is 0 Å². The molecule has 2 aromatic rings. The average Bonchev–Trinajstić information content (AvgIpc) is 2.43. The van der Waals surface area contributed by atoms with Crippen LogP contribution in [-0.4, -0.2) is 5.11 Å². The van der Waals surface area contributed by atoms with E-state index in [1.807, 2.05) is 30.3 Å². The Hall–Kier alpha value is -1.32. The predicted octanol–water partition coefficient (Wildman–Crippen LogP) is 4.69. The molecule has 0 unspecified atom stereocenters. The molecule has 0 fully saturated rings. The van der Waals surface area contributed by atoms with Gasteiger partial charge in [0.1, 0.15) is 11.5 Å². The van der Waals surface area contributed by atoms with E-state index in [0.29, 0.717) is 5.75 Å². The first-order valence-corrected chi connectivity index (χ1v) is 7.18. The van der Waals surface area contributed by atoms with E-state index in [4.69, 9.17) is 4.74 Å². The van der Waals surface area contributed by atoms with Crippen LogP contribution in [-0.2, 0) is 13.0 Å². The van der Waals surface area contributed by atoms with E-state index in [2.05, 4.69) is 35.0 Å². The lowest BCUT2D eigenvalue weighted by molar-refractivity contribution is 0.276. The molecule has 0 aromatic heterocycles. The zero-order valence-corrected chi connectivity index (χ0v) is 12.5. The van der Waals surface area contributed by atoms with Crippen molar-refractivity contribution in [3.63, 3.8) is 0 Å². The lowest BCUT2D eigenvalue weighted by Gasteiger charge is -2.10. The third kappa shape index (κ3) is 3.82. The minimum Gasteiger partial charge on any atom is -0.457 e. The molecule has 0 aliphatic carbocycles. The Balaban J connectivity index is 2.16. The van der Waals surface area contributed by atoms with Crippen LogP contribution < -0.4 is 4.74 Å². The zero-order chi connectivity index (χ0) is 13.7. The van der Waals surface area contributed by atoms with Crippen molar-refractivity contribution in [1.29, 1.82) is 0 Å². The molecule has 2 rings (SSSR count). The monoisotopic (exact) mass is 320 g/mol. The fraction of sp³-hybridized carbons (Fsp3) is 0.250. The molecule has 2 aromatic carbocycles. The van der Waals surface area contributed by atoms with Crippen LogP contribution >= 0.6 is 15.9 Å². The van der Waals surface area contributed by atoms with Crippen LogP contribution in [0.25, 0.3) is 0 Å². The smallest absolute Gasteiger partial charge is 0.133 e. The van der Waals surface area contributed by atoms with Gasteiger partial charge in [0.25, 0.3) is 0 Å². The van der Waals surface area contributed by atoms with E-state index in [1.165, 1.54) is 5.56 Å². The van der Waals surface area contributed by atoms with E-state index < -0.39 is 0 Å². The molecule has 0 saturated heterocycles. The van der Waals surface area contributed by atoms with Gasteiger partial charge in [-0.3, -0.25) is 0 Å². The molecule has 100 valence electrons. The second-order valence-corrected chi connectivity index (χ2v) is 5.32. The van der Waals surface area contributed by atoms with E-state index in [-0.39, 0.29) is 6.61 Å². The molecule has 0 bridgehead atoms. The van der Waals surface area contributed by atoms with Gasteiger partial charge in [0, 0.05) is 10.0 Å². The molecule has 2 nitrogen and oxygen atoms in total. The summed E-state index contributed by atoms with van der Waals surface area (Å²) < 4.78 is 6.74. The van der Waals surface area contributed by atoms with Crippen molar-refractivity contribution < 1.29 is 9.84 Å².